The van der Waals surface area contributed by atoms with Gasteiger partial charge < -0.3 is 33.8 Å². The van der Waals surface area contributed by atoms with Gasteiger partial charge in [0.1, 0.15) is 19.3 Å². The third-order valence-electron chi connectivity index (χ3n) is 17.0. The molecule has 17 nitrogen and oxygen atoms in total. The Bertz CT molecular complexity index is 1770. The minimum absolute atomic E-state index is 0.107. The summed E-state index contributed by atoms with van der Waals surface area (Å²) in [4.78, 5) is 72.4. The van der Waals surface area contributed by atoms with E-state index in [1.165, 1.54) is 199 Å². The van der Waals surface area contributed by atoms with Crippen molar-refractivity contribution >= 4 is 39.5 Å². The van der Waals surface area contributed by atoms with Crippen LogP contribution in [0.25, 0.3) is 0 Å². The molecule has 0 saturated carbocycles. The van der Waals surface area contributed by atoms with Gasteiger partial charge in [-0.3, -0.25) is 37.3 Å². The van der Waals surface area contributed by atoms with Crippen LogP contribution in [-0.2, 0) is 65.4 Å². The van der Waals surface area contributed by atoms with E-state index in [1.807, 2.05) is 0 Å². The van der Waals surface area contributed by atoms with Crippen molar-refractivity contribution in [2.24, 2.45) is 5.92 Å². The zero-order chi connectivity index (χ0) is 67.7. The molecule has 19 heteroatoms. The molecule has 5 atom stereocenters. The van der Waals surface area contributed by atoms with Crippen molar-refractivity contribution in [2.75, 3.05) is 39.6 Å². The molecule has 546 valence electrons. The molecule has 0 heterocycles. The van der Waals surface area contributed by atoms with Gasteiger partial charge in [-0.1, -0.05) is 330 Å². The molecule has 0 aliphatic carbocycles. The van der Waals surface area contributed by atoms with Crippen LogP contribution in [0.15, 0.2) is 0 Å². The van der Waals surface area contributed by atoms with Crippen molar-refractivity contribution in [1.29, 1.82) is 0 Å². The van der Waals surface area contributed by atoms with Crippen LogP contribution in [0.2, 0.25) is 0 Å². The zero-order valence-corrected chi connectivity index (χ0v) is 61.5. The number of ether oxygens (including phenoxy) is 4. The molecule has 0 aliphatic heterocycles. The second-order valence-corrected chi connectivity index (χ2v) is 29.7. The molecule has 0 radical (unpaired) electrons. The Morgan fingerprint density at radius 3 is 0.739 bits per heavy atom. The second-order valence-electron chi connectivity index (χ2n) is 26.8. The summed E-state index contributed by atoms with van der Waals surface area (Å²) in [6, 6.07) is 0. The zero-order valence-electron chi connectivity index (χ0n) is 59.7. The van der Waals surface area contributed by atoms with Crippen molar-refractivity contribution in [3.63, 3.8) is 0 Å². The molecule has 0 rings (SSSR count). The molecule has 0 aromatic carbocycles. The molecule has 2 unspecified atom stereocenters. The summed E-state index contributed by atoms with van der Waals surface area (Å²) >= 11 is 0. The first-order chi connectivity index (χ1) is 44.5. The van der Waals surface area contributed by atoms with E-state index in [4.69, 9.17) is 37.0 Å². The SMILES string of the molecule is CCCCCCCCCCCCCCCCCC(=O)OC[C@H](COP(=O)(O)OC[C@@H](O)COP(=O)(O)OC[C@@H](COC(=O)CCCCCCC)OC(=O)CCCCCCCCCCCCCCC)OC(=O)CCCCCCCCCCCCCCCCCCC(C)C. The van der Waals surface area contributed by atoms with E-state index in [0.29, 0.717) is 25.7 Å². The van der Waals surface area contributed by atoms with E-state index in [1.54, 1.807) is 0 Å². The number of rotatable bonds is 73. The quantitative estimate of drug-likeness (QED) is 0.0222. The van der Waals surface area contributed by atoms with Crippen LogP contribution in [0.3, 0.4) is 0 Å². The number of hydrogen-bond acceptors (Lipinski definition) is 15. The van der Waals surface area contributed by atoms with Crippen molar-refractivity contribution in [2.45, 2.75) is 400 Å². The number of aliphatic hydroxyl groups excluding tert-OH is 1. The van der Waals surface area contributed by atoms with E-state index in [9.17, 15) is 43.2 Å². The average molecular weight is 1350 g/mol. The van der Waals surface area contributed by atoms with Gasteiger partial charge in [-0.05, 0) is 31.6 Å². The topological polar surface area (TPSA) is 237 Å². The summed E-state index contributed by atoms with van der Waals surface area (Å²) in [6.45, 7) is 7.22. The summed E-state index contributed by atoms with van der Waals surface area (Å²) in [5.74, 6) is -1.32. The summed E-state index contributed by atoms with van der Waals surface area (Å²) in [5, 5.41) is 10.6. The number of carbonyl (C=O) groups is 4. The summed E-state index contributed by atoms with van der Waals surface area (Å²) in [5.41, 5.74) is 0. The van der Waals surface area contributed by atoms with Gasteiger partial charge in [-0.25, -0.2) is 9.13 Å². The number of hydrogen-bond donors (Lipinski definition) is 3. The normalized spacial score (nSPS) is 14.0. The highest BCUT2D eigenvalue weighted by Gasteiger charge is 2.30. The maximum Gasteiger partial charge on any atom is 0.472 e. The van der Waals surface area contributed by atoms with Crippen molar-refractivity contribution in [1.82, 2.24) is 0 Å². The van der Waals surface area contributed by atoms with Gasteiger partial charge in [-0.2, -0.15) is 0 Å². The maximum atomic E-state index is 13.0. The fourth-order valence-corrected chi connectivity index (χ4v) is 12.8. The van der Waals surface area contributed by atoms with Gasteiger partial charge in [0.15, 0.2) is 12.2 Å². The molecular formula is C73H142O17P2. The molecule has 0 bridgehead atoms. The molecule has 92 heavy (non-hydrogen) atoms. The maximum absolute atomic E-state index is 13.0. The molecule has 0 aromatic rings. The number of carbonyl (C=O) groups excluding carboxylic acids is 4. The highest BCUT2D eigenvalue weighted by Crippen LogP contribution is 2.45. The number of aliphatic hydroxyl groups is 1. The molecule has 0 fully saturated rings. The van der Waals surface area contributed by atoms with Gasteiger partial charge in [-0.15, -0.1) is 0 Å². The van der Waals surface area contributed by atoms with Gasteiger partial charge in [0.25, 0.3) is 0 Å². The third kappa shape index (κ3) is 66.7. The van der Waals surface area contributed by atoms with Crippen molar-refractivity contribution < 1.29 is 80.2 Å². The molecule has 0 aromatic heterocycles. The van der Waals surface area contributed by atoms with E-state index in [2.05, 4.69) is 34.6 Å². The lowest BCUT2D eigenvalue weighted by Gasteiger charge is -2.21. The highest BCUT2D eigenvalue weighted by atomic mass is 31.2. The standard InChI is InChI=1S/C73H142O17P2/c1-6-9-12-15-17-19-21-23-26-31-34-38-42-47-52-57-71(76)84-63-69(90-73(78)59-54-49-44-40-36-32-28-25-24-27-30-33-37-41-46-50-55-66(4)5)65-88-92(81,82)86-61-67(74)60-85-91(79,80)87-64-68(62-83-70(75)56-51-45-14-11-8-3)89-72(77)58-53-48-43-39-35-29-22-20-18-16-13-10-7-2/h66-69,74H,6-65H2,1-5H3,(H,79,80)(H,81,82)/t67-,68+,69+/m0/s1. The summed E-state index contributed by atoms with van der Waals surface area (Å²) in [6.07, 6.45) is 54.4. The Morgan fingerprint density at radius 1 is 0.293 bits per heavy atom. The van der Waals surface area contributed by atoms with Crippen LogP contribution in [0.1, 0.15) is 381 Å². The van der Waals surface area contributed by atoms with E-state index < -0.39 is 97.5 Å². The van der Waals surface area contributed by atoms with Gasteiger partial charge in [0.05, 0.1) is 26.4 Å². The predicted molar refractivity (Wildman–Crippen MR) is 372 cm³/mol. The molecule has 3 N–H and O–H groups in total. The molecule has 0 amide bonds. The predicted octanol–water partition coefficient (Wildman–Crippen LogP) is 21.3. The second kappa shape index (κ2) is 66.3. The lowest BCUT2D eigenvalue weighted by atomic mass is 10.0. The molecule has 0 saturated heterocycles. The fraction of sp³-hybridized carbons (Fsp3) is 0.945. The van der Waals surface area contributed by atoms with Crippen LogP contribution >= 0.6 is 15.6 Å². The van der Waals surface area contributed by atoms with Gasteiger partial charge in [0, 0.05) is 25.7 Å². The Hall–Kier alpha value is -1.94. The minimum atomic E-state index is -4.95. The Balaban J connectivity index is 5.14. The smallest absolute Gasteiger partial charge is 0.462 e. The van der Waals surface area contributed by atoms with Gasteiger partial charge in [0.2, 0.25) is 0 Å². The van der Waals surface area contributed by atoms with Crippen molar-refractivity contribution in [3.8, 4) is 0 Å². The largest absolute Gasteiger partial charge is 0.472 e. The van der Waals surface area contributed by atoms with Crippen LogP contribution in [0.5, 0.6) is 0 Å². The first kappa shape index (κ1) is 90.1. The van der Waals surface area contributed by atoms with Gasteiger partial charge >= 0.3 is 39.5 Å². The Kier molecular flexibility index (Phi) is 64.9. The highest BCUT2D eigenvalue weighted by molar-refractivity contribution is 7.47. The molecule has 0 spiro atoms. The third-order valence-corrected chi connectivity index (χ3v) is 18.9. The first-order valence-corrected chi connectivity index (χ1v) is 41.1. The van der Waals surface area contributed by atoms with E-state index >= 15 is 0 Å². The van der Waals surface area contributed by atoms with Crippen LogP contribution in [0, 0.1) is 5.92 Å². The van der Waals surface area contributed by atoms with E-state index in [-0.39, 0.29) is 25.7 Å². The average Bonchev–Trinajstić information content (AvgIpc) is 3.71. The molecule has 0 aliphatic rings. The first-order valence-electron chi connectivity index (χ1n) is 38.1. The summed E-state index contributed by atoms with van der Waals surface area (Å²) < 4.78 is 68.2. The Labute approximate surface area is 562 Å². The summed E-state index contributed by atoms with van der Waals surface area (Å²) in [7, 11) is -9.89. The monoisotopic (exact) mass is 1350 g/mol. The number of phosphoric acid groups is 2. The number of esters is 4. The Morgan fingerprint density at radius 2 is 0.500 bits per heavy atom. The van der Waals surface area contributed by atoms with Crippen LogP contribution < -0.4 is 0 Å². The fourth-order valence-electron chi connectivity index (χ4n) is 11.2. The minimum Gasteiger partial charge on any atom is -0.462 e. The lowest BCUT2D eigenvalue weighted by molar-refractivity contribution is -0.161. The molecular weight excluding hydrogens is 1210 g/mol. The number of phosphoric ester groups is 2. The van der Waals surface area contributed by atoms with Crippen molar-refractivity contribution in [3.05, 3.63) is 0 Å². The van der Waals surface area contributed by atoms with Crippen LogP contribution in [-0.4, -0.2) is 96.7 Å². The van der Waals surface area contributed by atoms with E-state index in [0.717, 1.165) is 102 Å². The van der Waals surface area contributed by atoms with Crippen LogP contribution in [0.4, 0.5) is 0 Å². The number of unbranched alkanes of at least 4 members (excludes halogenated alkanes) is 45. The lowest BCUT2D eigenvalue weighted by Crippen LogP contribution is -2.30.